The summed E-state index contributed by atoms with van der Waals surface area (Å²) in [6.07, 6.45) is 0.602. The number of nitro groups is 1. The third-order valence-corrected chi connectivity index (χ3v) is 3.91. The van der Waals surface area contributed by atoms with Crippen molar-refractivity contribution in [2.45, 2.75) is 6.42 Å². The van der Waals surface area contributed by atoms with Crippen LogP contribution in [0.25, 0.3) is 0 Å². The second-order valence-electron chi connectivity index (χ2n) is 5.56. The Balaban J connectivity index is 1.83. The number of carbonyl (C=O) groups excluding carboxylic acids is 2. The van der Waals surface area contributed by atoms with Gasteiger partial charge < -0.3 is 15.4 Å². The molecule has 0 radical (unpaired) electrons. The van der Waals surface area contributed by atoms with E-state index >= 15 is 0 Å². The smallest absolute Gasteiger partial charge is 0.311 e. The van der Waals surface area contributed by atoms with Crippen LogP contribution in [-0.4, -0.2) is 36.9 Å². The number of benzene rings is 2. The van der Waals surface area contributed by atoms with Gasteiger partial charge in [0.25, 0.3) is 5.91 Å². The molecule has 0 atom stereocenters. The van der Waals surface area contributed by atoms with Crippen LogP contribution in [0.15, 0.2) is 42.5 Å². The van der Waals surface area contributed by atoms with E-state index in [2.05, 4.69) is 10.6 Å². The first-order chi connectivity index (χ1) is 12.9. The van der Waals surface area contributed by atoms with Crippen LogP contribution in [0.2, 0.25) is 5.02 Å². The van der Waals surface area contributed by atoms with Crippen LogP contribution >= 0.6 is 11.6 Å². The van der Waals surface area contributed by atoms with Crippen LogP contribution in [0.1, 0.15) is 15.9 Å². The molecule has 2 N–H and O–H groups in total. The minimum absolute atomic E-state index is 0.0512. The van der Waals surface area contributed by atoms with Crippen molar-refractivity contribution in [1.29, 1.82) is 0 Å². The molecule has 9 heteroatoms. The van der Waals surface area contributed by atoms with Gasteiger partial charge in [-0.15, -0.1) is 0 Å². The quantitative estimate of drug-likeness (QED) is 0.530. The van der Waals surface area contributed by atoms with Gasteiger partial charge in [0.15, 0.2) is 5.75 Å². The van der Waals surface area contributed by atoms with Crippen molar-refractivity contribution in [2.24, 2.45) is 0 Å². The maximum Gasteiger partial charge on any atom is 0.311 e. The van der Waals surface area contributed by atoms with Crippen LogP contribution in [0.3, 0.4) is 0 Å². The maximum atomic E-state index is 12.1. The fraction of sp³-hybridized carbons (Fsp3) is 0.222. The molecule has 2 amide bonds. The molecule has 27 heavy (non-hydrogen) atoms. The summed E-state index contributed by atoms with van der Waals surface area (Å²) in [5, 5.41) is 16.7. The highest BCUT2D eigenvalue weighted by atomic mass is 35.5. The fourth-order valence-electron chi connectivity index (χ4n) is 2.34. The van der Waals surface area contributed by atoms with Crippen molar-refractivity contribution in [1.82, 2.24) is 10.6 Å². The Hall–Kier alpha value is -3.13. The van der Waals surface area contributed by atoms with Crippen molar-refractivity contribution in [3.05, 3.63) is 68.7 Å². The number of hydrogen-bond donors (Lipinski definition) is 2. The summed E-state index contributed by atoms with van der Waals surface area (Å²) in [7, 11) is 1.30. The Morgan fingerprint density at radius 3 is 2.63 bits per heavy atom. The Labute approximate surface area is 160 Å². The van der Waals surface area contributed by atoms with Crippen LogP contribution in [0, 0.1) is 10.1 Å². The van der Waals surface area contributed by atoms with Gasteiger partial charge in [-0.2, -0.15) is 0 Å². The van der Waals surface area contributed by atoms with E-state index in [4.69, 9.17) is 16.3 Å². The predicted molar refractivity (Wildman–Crippen MR) is 100 cm³/mol. The molecule has 2 aromatic carbocycles. The molecule has 0 heterocycles. The average molecular weight is 392 g/mol. The molecule has 0 saturated heterocycles. The normalized spacial score (nSPS) is 10.1. The Morgan fingerprint density at radius 1 is 1.19 bits per heavy atom. The molecule has 0 aromatic heterocycles. The maximum absolute atomic E-state index is 12.1. The van der Waals surface area contributed by atoms with Gasteiger partial charge in [-0.05, 0) is 36.2 Å². The first kappa shape index (κ1) is 20.2. The van der Waals surface area contributed by atoms with Gasteiger partial charge in [-0.1, -0.05) is 23.7 Å². The highest BCUT2D eigenvalue weighted by Gasteiger charge is 2.18. The molecule has 2 rings (SSSR count). The number of methoxy groups -OCH3 is 1. The number of ether oxygens (including phenoxy) is 1. The first-order valence-corrected chi connectivity index (χ1v) is 8.40. The molecule has 0 aliphatic carbocycles. The number of nitrogens with zero attached hydrogens (tertiary/aromatic N) is 1. The van der Waals surface area contributed by atoms with Crippen LogP contribution in [0.4, 0.5) is 5.69 Å². The summed E-state index contributed by atoms with van der Waals surface area (Å²) >= 11 is 5.89. The number of rotatable bonds is 8. The molecule has 8 nitrogen and oxygen atoms in total. The van der Waals surface area contributed by atoms with E-state index in [1.165, 1.54) is 19.2 Å². The summed E-state index contributed by atoms with van der Waals surface area (Å²) in [5.41, 5.74) is 0.725. The van der Waals surface area contributed by atoms with Gasteiger partial charge in [0, 0.05) is 23.2 Å². The second-order valence-corrected chi connectivity index (χ2v) is 5.99. The molecule has 0 bridgehead atoms. The highest BCUT2D eigenvalue weighted by molar-refractivity contribution is 6.30. The minimum Gasteiger partial charge on any atom is -0.490 e. The number of amides is 2. The monoisotopic (exact) mass is 391 g/mol. The fourth-order valence-corrected chi connectivity index (χ4v) is 2.55. The molecule has 0 aliphatic heterocycles. The number of carbonyl (C=O) groups is 2. The van der Waals surface area contributed by atoms with Crippen molar-refractivity contribution < 1.29 is 19.2 Å². The molecule has 0 saturated carbocycles. The van der Waals surface area contributed by atoms with Gasteiger partial charge in [0.05, 0.1) is 18.6 Å². The van der Waals surface area contributed by atoms with Crippen LogP contribution < -0.4 is 15.4 Å². The van der Waals surface area contributed by atoms with Crippen molar-refractivity contribution in [2.75, 3.05) is 20.2 Å². The van der Waals surface area contributed by atoms with Gasteiger partial charge >= 0.3 is 5.69 Å². The summed E-state index contributed by atoms with van der Waals surface area (Å²) in [6, 6.07) is 11.1. The lowest BCUT2D eigenvalue weighted by Crippen LogP contribution is -2.37. The minimum atomic E-state index is -0.641. The van der Waals surface area contributed by atoms with Gasteiger partial charge in [-0.3, -0.25) is 19.7 Å². The van der Waals surface area contributed by atoms with Crippen LogP contribution in [-0.2, 0) is 11.2 Å². The Morgan fingerprint density at radius 2 is 1.96 bits per heavy atom. The van der Waals surface area contributed by atoms with E-state index in [0.29, 0.717) is 18.0 Å². The lowest BCUT2D eigenvalue weighted by molar-refractivity contribution is -0.385. The SMILES string of the molecule is COc1ccc(C(=O)NCC(=O)NCCc2cccc(Cl)c2)cc1[N+](=O)[O-]. The predicted octanol–water partition coefficient (Wildman–Crippen LogP) is 2.35. The molecule has 2 aromatic rings. The van der Waals surface area contributed by atoms with E-state index in [1.54, 1.807) is 6.07 Å². The molecular formula is C18H18ClN3O5. The summed E-state index contributed by atoms with van der Waals surface area (Å²) < 4.78 is 4.88. The first-order valence-electron chi connectivity index (χ1n) is 8.02. The van der Waals surface area contributed by atoms with E-state index in [9.17, 15) is 19.7 Å². The third kappa shape index (κ3) is 5.96. The molecule has 0 spiro atoms. The lowest BCUT2D eigenvalue weighted by Gasteiger charge is -2.08. The second kappa shape index (κ2) is 9.54. The largest absolute Gasteiger partial charge is 0.490 e. The van der Waals surface area contributed by atoms with Crippen molar-refractivity contribution in [3.63, 3.8) is 0 Å². The van der Waals surface area contributed by atoms with Gasteiger partial charge in [-0.25, -0.2) is 0 Å². The number of nitrogens with one attached hydrogen (secondary N) is 2. The highest BCUT2D eigenvalue weighted by Crippen LogP contribution is 2.27. The van der Waals surface area contributed by atoms with Crippen LogP contribution in [0.5, 0.6) is 5.75 Å². The summed E-state index contributed by atoms with van der Waals surface area (Å²) in [6.45, 7) is 0.150. The standard InChI is InChI=1S/C18H18ClN3O5/c1-27-16-6-5-13(10-15(16)22(25)26)18(24)21-11-17(23)20-8-7-12-3-2-4-14(19)9-12/h2-6,9-10H,7-8,11H2,1H3,(H,20,23)(H,21,24). The van der Waals surface area contributed by atoms with E-state index < -0.39 is 10.8 Å². The molecular weight excluding hydrogens is 374 g/mol. The zero-order valence-electron chi connectivity index (χ0n) is 14.5. The molecule has 0 unspecified atom stereocenters. The number of halogens is 1. The van der Waals surface area contributed by atoms with Crippen molar-refractivity contribution >= 4 is 29.1 Å². The van der Waals surface area contributed by atoms with E-state index in [0.717, 1.165) is 11.6 Å². The molecule has 0 fully saturated rings. The topological polar surface area (TPSA) is 111 Å². The Kier molecular flexibility index (Phi) is 7.13. The molecule has 0 aliphatic rings. The van der Waals surface area contributed by atoms with Gasteiger partial charge in [0.1, 0.15) is 0 Å². The zero-order chi connectivity index (χ0) is 19.8. The summed E-state index contributed by atoms with van der Waals surface area (Å²) in [4.78, 5) is 34.3. The lowest BCUT2D eigenvalue weighted by atomic mass is 10.1. The average Bonchev–Trinajstić information content (AvgIpc) is 2.65. The van der Waals surface area contributed by atoms with Crippen molar-refractivity contribution in [3.8, 4) is 5.75 Å². The van der Waals surface area contributed by atoms with Gasteiger partial charge in [0.2, 0.25) is 5.91 Å². The van der Waals surface area contributed by atoms with E-state index in [-0.39, 0.29) is 29.5 Å². The Bertz CT molecular complexity index is 857. The number of nitro benzene ring substituents is 1. The molecule has 142 valence electrons. The third-order valence-electron chi connectivity index (χ3n) is 3.67. The summed E-state index contributed by atoms with van der Waals surface area (Å²) in [5.74, 6) is -0.908. The number of hydrogen-bond acceptors (Lipinski definition) is 5. The van der Waals surface area contributed by atoms with E-state index in [1.807, 2.05) is 18.2 Å². The zero-order valence-corrected chi connectivity index (χ0v) is 15.3.